The first-order valence-corrected chi connectivity index (χ1v) is 22.5. The molecule has 0 spiro atoms. The van der Waals surface area contributed by atoms with E-state index < -0.39 is 53.0 Å². The van der Waals surface area contributed by atoms with Crippen LogP contribution in [0.1, 0.15) is 72.3 Å². The molecule has 4 aliphatic rings. The van der Waals surface area contributed by atoms with Crippen LogP contribution >= 0.6 is 11.6 Å². The van der Waals surface area contributed by atoms with E-state index in [9.17, 15) is 19.2 Å². The molecule has 2 aromatic carbocycles. The van der Waals surface area contributed by atoms with Crippen molar-refractivity contribution in [2.45, 2.75) is 109 Å². The van der Waals surface area contributed by atoms with Crippen molar-refractivity contribution < 1.29 is 47.3 Å². The maximum absolute atomic E-state index is 14.9. The van der Waals surface area contributed by atoms with Gasteiger partial charge in [0.15, 0.2) is 0 Å². The van der Waals surface area contributed by atoms with Crippen LogP contribution in [0.2, 0.25) is 5.02 Å². The van der Waals surface area contributed by atoms with Crippen LogP contribution in [0.4, 0.5) is 10.8 Å². The minimum absolute atomic E-state index is 0.0299. The summed E-state index contributed by atoms with van der Waals surface area (Å²) in [5.41, 5.74) is -0.100. The van der Waals surface area contributed by atoms with Gasteiger partial charge in [0.25, 0.3) is 6.01 Å². The smallest absolute Gasteiger partial charge is 0.408 e. The van der Waals surface area contributed by atoms with Gasteiger partial charge in [0, 0.05) is 29.8 Å². The Labute approximate surface area is 383 Å². The van der Waals surface area contributed by atoms with E-state index in [0.29, 0.717) is 58.1 Å². The summed E-state index contributed by atoms with van der Waals surface area (Å²) >= 11 is 7.10. The average molecular weight is 913 g/mol. The van der Waals surface area contributed by atoms with E-state index in [-0.39, 0.29) is 42.7 Å². The summed E-state index contributed by atoms with van der Waals surface area (Å²) in [6.45, 7) is 13.4. The number of esters is 1. The molecule has 1 unspecified atom stereocenters. The first-order valence-electron chi connectivity index (χ1n) is 22.1. The van der Waals surface area contributed by atoms with Crippen molar-refractivity contribution >= 4 is 52.4 Å². The average Bonchev–Trinajstić information content (AvgIpc) is 3.94. The standard InChI is InChI=1S/C48H57ClN6O10/c1-9-29-21-48(29,44(58)61-8)54-42(56)36-19-32(22-55(36)43(57)41(47(4,5)6)53-46(59)65-31-17-27-16-28(27)18-31)64-38-20-34(35-24-63-45(52-35)50-25(2)3)51-40-33(38)14-15-37(39(40)49)62-23-26-10-12-30(60-7)13-11-26/h9-15,20,24-25,27-29,31-32,36,41H,1,16-19,21-23H2,2-8H3,(H,50,52)(H,53,59)(H,54,56)/t27-,28+,29-,31?,32+,36+,41-,48-/m1/s1. The largest absolute Gasteiger partial charge is 0.497 e. The number of hydrogen-bond donors (Lipinski definition) is 3. The Morgan fingerprint density at radius 3 is 2.37 bits per heavy atom. The Morgan fingerprint density at radius 1 is 0.985 bits per heavy atom. The topological polar surface area (TPSA) is 193 Å². The number of aromatic nitrogens is 2. The molecular weight excluding hydrogens is 856 g/mol. The summed E-state index contributed by atoms with van der Waals surface area (Å²) in [5.74, 6) is 0.576. The molecule has 16 nitrogen and oxygen atoms in total. The molecule has 65 heavy (non-hydrogen) atoms. The molecule has 0 radical (unpaired) electrons. The monoisotopic (exact) mass is 912 g/mol. The lowest BCUT2D eigenvalue weighted by Gasteiger charge is -2.35. The zero-order valence-corrected chi connectivity index (χ0v) is 38.5. The van der Waals surface area contributed by atoms with Crippen molar-refractivity contribution in [2.24, 2.45) is 23.2 Å². The number of anilines is 1. The summed E-state index contributed by atoms with van der Waals surface area (Å²) in [4.78, 5) is 66.8. The van der Waals surface area contributed by atoms with Gasteiger partial charge in [0.1, 0.15) is 70.7 Å². The number of likely N-dealkylation sites (tertiary alicyclic amines) is 1. The van der Waals surface area contributed by atoms with Crippen molar-refractivity contribution in [1.82, 2.24) is 25.5 Å². The van der Waals surface area contributed by atoms with Crippen LogP contribution in [0.25, 0.3) is 22.3 Å². The molecule has 8 rings (SSSR count). The normalized spacial score (nSPS) is 24.7. The molecule has 8 atom stereocenters. The number of nitrogens with zero attached hydrogens (tertiary/aromatic N) is 3. The quantitative estimate of drug-likeness (QED) is 0.0741. The highest BCUT2D eigenvalue weighted by molar-refractivity contribution is 6.36. The van der Waals surface area contributed by atoms with Gasteiger partial charge in [-0.15, -0.1) is 6.58 Å². The maximum atomic E-state index is 14.9. The molecule has 0 bridgehead atoms. The highest BCUT2D eigenvalue weighted by Crippen LogP contribution is 2.52. The minimum atomic E-state index is -1.32. The molecule has 1 saturated heterocycles. The number of hydrogen-bond acceptors (Lipinski definition) is 13. The van der Waals surface area contributed by atoms with Crippen LogP contribution in [0.15, 0.2) is 65.8 Å². The van der Waals surface area contributed by atoms with Crippen LogP contribution in [0.5, 0.6) is 17.2 Å². The van der Waals surface area contributed by atoms with Crippen molar-refractivity contribution in [3.63, 3.8) is 0 Å². The fourth-order valence-corrected chi connectivity index (χ4v) is 9.31. The molecule has 3 saturated carbocycles. The molecule has 3 N–H and O–H groups in total. The molecule has 4 fully saturated rings. The Morgan fingerprint density at radius 2 is 1.72 bits per heavy atom. The minimum Gasteiger partial charge on any atom is -0.497 e. The van der Waals surface area contributed by atoms with Crippen LogP contribution in [-0.4, -0.2) is 95.4 Å². The summed E-state index contributed by atoms with van der Waals surface area (Å²) in [5, 5.41) is 9.66. The lowest BCUT2D eigenvalue weighted by molar-refractivity contribution is -0.148. The first-order chi connectivity index (χ1) is 31.0. The lowest BCUT2D eigenvalue weighted by Crippen LogP contribution is -2.59. The van der Waals surface area contributed by atoms with Gasteiger partial charge in [-0.3, -0.25) is 9.59 Å². The number of rotatable bonds is 16. The van der Waals surface area contributed by atoms with E-state index in [1.807, 2.05) is 58.9 Å². The third-order valence-electron chi connectivity index (χ3n) is 12.8. The summed E-state index contributed by atoms with van der Waals surface area (Å²) in [6, 6.07) is 10.9. The fraction of sp³-hybridized carbons (Fsp3) is 0.500. The zero-order valence-electron chi connectivity index (χ0n) is 37.8. The number of nitrogens with one attached hydrogen (secondary N) is 3. The number of ether oxygens (including phenoxy) is 5. The Kier molecular flexibility index (Phi) is 12.7. The first kappa shape index (κ1) is 45.5. The van der Waals surface area contributed by atoms with Gasteiger partial charge in [-0.05, 0) is 86.6 Å². The number of halogens is 1. The number of carbonyl (C=O) groups is 4. The van der Waals surface area contributed by atoms with Crippen LogP contribution in [0.3, 0.4) is 0 Å². The van der Waals surface area contributed by atoms with Crippen LogP contribution < -0.4 is 30.2 Å². The van der Waals surface area contributed by atoms with E-state index >= 15 is 0 Å². The molecule has 3 heterocycles. The van der Waals surface area contributed by atoms with Gasteiger partial charge in [0.05, 0.1) is 32.0 Å². The Hall–Kier alpha value is -6.03. The SMILES string of the molecule is C=C[C@@H]1C[C@]1(NC(=O)[C@@H]1C[C@H](Oc2cc(-c3coc(NC(C)C)n3)nc3c(Cl)c(OCc4ccc(OC)cc4)ccc23)CN1C(=O)[C@@H](NC(=O)OC1C[C@@H]2C[C@@H]2C1)C(C)(C)C)C(=O)OC. The summed E-state index contributed by atoms with van der Waals surface area (Å²) < 4.78 is 34.9. The Balaban J connectivity index is 1.11. The van der Waals surface area contributed by atoms with Crippen LogP contribution in [0, 0.1) is 23.2 Å². The number of methoxy groups -OCH3 is 2. The Bertz CT molecular complexity index is 2460. The van der Waals surface area contributed by atoms with Gasteiger partial charge >= 0.3 is 12.1 Å². The molecule has 3 aliphatic carbocycles. The maximum Gasteiger partial charge on any atom is 0.408 e. The number of benzene rings is 2. The van der Waals surface area contributed by atoms with Gasteiger partial charge in [-0.2, -0.15) is 4.98 Å². The molecule has 17 heteroatoms. The van der Waals surface area contributed by atoms with Crippen LogP contribution in [-0.2, 0) is 30.5 Å². The second-order valence-electron chi connectivity index (χ2n) is 18.9. The molecule has 346 valence electrons. The number of amides is 3. The number of oxazole rings is 1. The molecule has 3 amide bonds. The van der Waals surface area contributed by atoms with Crippen molar-refractivity contribution in [1.29, 1.82) is 0 Å². The van der Waals surface area contributed by atoms with Gasteiger partial charge in [-0.25, -0.2) is 14.6 Å². The zero-order chi connectivity index (χ0) is 46.4. The van der Waals surface area contributed by atoms with E-state index in [1.54, 1.807) is 31.4 Å². The molecule has 4 aromatic rings. The van der Waals surface area contributed by atoms with Gasteiger partial charge < -0.3 is 49.0 Å². The second-order valence-corrected chi connectivity index (χ2v) is 19.3. The van der Waals surface area contributed by atoms with E-state index in [4.69, 9.17) is 44.7 Å². The third-order valence-corrected chi connectivity index (χ3v) is 13.1. The van der Waals surface area contributed by atoms with Crippen molar-refractivity contribution in [2.75, 3.05) is 26.1 Å². The fourth-order valence-electron chi connectivity index (χ4n) is 9.05. The predicted octanol–water partition coefficient (Wildman–Crippen LogP) is 7.47. The van der Waals surface area contributed by atoms with Gasteiger partial charge in [0.2, 0.25) is 11.8 Å². The van der Waals surface area contributed by atoms with E-state index in [2.05, 4.69) is 27.5 Å². The number of alkyl carbamates (subject to hydrolysis) is 1. The highest BCUT2D eigenvalue weighted by atomic mass is 35.5. The molecular formula is C48H57ClN6O10. The molecule has 2 aromatic heterocycles. The van der Waals surface area contributed by atoms with Crippen molar-refractivity contribution in [3.8, 4) is 28.6 Å². The highest BCUT2D eigenvalue weighted by Gasteiger charge is 2.62. The van der Waals surface area contributed by atoms with E-state index in [1.165, 1.54) is 24.7 Å². The molecule has 1 aliphatic heterocycles. The number of fused-ring (bicyclic) bond motifs is 2. The number of carbonyl (C=O) groups excluding carboxylic acids is 4. The third kappa shape index (κ3) is 9.68. The predicted molar refractivity (Wildman–Crippen MR) is 242 cm³/mol. The summed E-state index contributed by atoms with van der Waals surface area (Å²) in [7, 11) is 2.86. The van der Waals surface area contributed by atoms with Gasteiger partial charge in [-0.1, -0.05) is 50.6 Å². The number of pyridine rings is 1. The summed E-state index contributed by atoms with van der Waals surface area (Å²) in [6.07, 6.45) is 4.53. The van der Waals surface area contributed by atoms with Crippen molar-refractivity contribution in [3.05, 3.63) is 72.0 Å². The van der Waals surface area contributed by atoms with E-state index in [0.717, 1.165) is 24.2 Å². The lowest BCUT2D eigenvalue weighted by atomic mass is 9.85. The second kappa shape index (κ2) is 18.1.